The van der Waals surface area contributed by atoms with Crippen molar-refractivity contribution in [2.45, 2.75) is 32.9 Å². The highest BCUT2D eigenvalue weighted by Crippen LogP contribution is 2.20. The average Bonchev–Trinajstić information content (AvgIpc) is 2.78. The van der Waals surface area contributed by atoms with E-state index in [1.54, 1.807) is 12.1 Å². The van der Waals surface area contributed by atoms with Crippen molar-refractivity contribution >= 4 is 12.0 Å². The number of benzene rings is 2. The normalized spacial score (nSPS) is 11.2. The molecule has 2 amide bonds. The maximum atomic E-state index is 12.5. The SMILES string of the molecule is C#Cc1ccc(-c2ccc(C(=O)NC(CC)NC(=O)OCCOCCC)cc2)cc1. The average molecular weight is 408 g/mol. The Labute approximate surface area is 178 Å². The molecule has 0 aliphatic rings. The summed E-state index contributed by atoms with van der Waals surface area (Å²) in [6.07, 6.45) is 5.69. The minimum Gasteiger partial charge on any atom is -0.447 e. The van der Waals surface area contributed by atoms with Gasteiger partial charge in [0, 0.05) is 17.7 Å². The highest BCUT2D eigenvalue weighted by Gasteiger charge is 2.15. The molecule has 2 aromatic rings. The Morgan fingerprint density at radius 1 is 0.933 bits per heavy atom. The molecule has 6 heteroatoms. The zero-order valence-electron chi connectivity index (χ0n) is 17.4. The number of nitrogens with one attached hydrogen (secondary N) is 2. The topological polar surface area (TPSA) is 76.7 Å². The van der Waals surface area contributed by atoms with Gasteiger partial charge < -0.3 is 20.1 Å². The number of hydrogen-bond acceptors (Lipinski definition) is 4. The Hall–Kier alpha value is -3.30. The number of terminal acetylenes is 1. The van der Waals surface area contributed by atoms with Crippen LogP contribution in [-0.2, 0) is 9.47 Å². The molecule has 0 aliphatic carbocycles. The van der Waals surface area contributed by atoms with Crippen molar-refractivity contribution in [3.8, 4) is 23.5 Å². The fourth-order valence-electron chi connectivity index (χ4n) is 2.68. The molecule has 0 bridgehead atoms. The molecule has 0 fully saturated rings. The molecular formula is C24H28N2O4. The maximum Gasteiger partial charge on any atom is 0.408 e. The molecule has 30 heavy (non-hydrogen) atoms. The Morgan fingerprint density at radius 3 is 2.13 bits per heavy atom. The molecule has 1 unspecified atom stereocenters. The second-order valence-electron chi connectivity index (χ2n) is 6.63. The summed E-state index contributed by atoms with van der Waals surface area (Å²) in [7, 11) is 0. The van der Waals surface area contributed by atoms with Gasteiger partial charge in [0.05, 0.1) is 6.61 Å². The van der Waals surface area contributed by atoms with Crippen LogP contribution in [-0.4, -0.2) is 38.0 Å². The van der Waals surface area contributed by atoms with E-state index in [-0.39, 0.29) is 12.5 Å². The van der Waals surface area contributed by atoms with E-state index in [0.717, 1.165) is 23.1 Å². The van der Waals surface area contributed by atoms with E-state index in [1.165, 1.54) is 0 Å². The largest absolute Gasteiger partial charge is 0.447 e. The Kier molecular flexibility index (Phi) is 9.43. The van der Waals surface area contributed by atoms with Crippen LogP contribution in [0.15, 0.2) is 48.5 Å². The predicted octanol–water partition coefficient (Wildman–Crippen LogP) is 3.95. The van der Waals surface area contributed by atoms with Crippen LogP contribution in [0.25, 0.3) is 11.1 Å². The van der Waals surface area contributed by atoms with E-state index in [4.69, 9.17) is 15.9 Å². The lowest BCUT2D eigenvalue weighted by atomic mass is 10.0. The van der Waals surface area contributed by atoms with Crippen molar-refractivity contribution in [1.29, 1.82) is 0 Å². The fourth-order valence-corrected chi connectivity index (χ4v) is 2.68. The number of amides is 2. The molecule has 0 radical (unpaired) electrons. The molecule has 2 aromatic carbocycles. The number of carbonyl (C=O) groups excluding carboxylic acids is 2. The molecule has 158 valence electrons. The van der Waals surface area contributed by atoms with E-state index in [1.807, 2.05) is 50.2 Å². The molecular weight excluding hydrogens is 380 g/mol. The molecule has 2 N–H and O–H groups in total. The number of alkyl carbamates (subject to hydrolysis) is 1. The smallest absolute Gasteiger partial charge is 0.408 e. The molecule has 0 heterocycles. The lowest BCUT2D eigenvalue weighted by molar-refractivity contribution is 0.0704. The van der Waals surface area contributed by atoms with Gasteiger partial charge in [-0.15, -0.1) is 6.42 Å². The van der Waals surface area contributed by atoms with Crippen molar-refractivity contribution in [1.82, 2.24) is 10.6 Å². The van der Waals surface area contributed by atoms with Gasteiger partial charge in [-0.05, 0) is 48.2 Å². The Bertz CT molecular complexity index is 854. The molecule has 0 spiro atoms. The van der Waals surface area contributed by atoms with E-state index in [2.05, 4.69) is 16.6 Å². The third-order valence-electron chi connectivity index (χ3n) is 4.35. The van der Waals surface area contributed by atoms with Crippen molar-refractivity contribution < 1.29 is 19.1 Å². The van der Waals surface area contributed by atoms with E-state index in [9.17, 15) is 9.59 Å². The van der Waals surface area contributed by atoms with E-state index in [0.29, 0.717) is 25.2 Å². The van der Waals surface area contributed by atoms with Crippen molar-refractivity contribution in [2.24, 2.45) is 0 Å². The second-order valence-corrected chi connectivity index (χ2v) is 6.63. The first-order chi connectivity index (χ1) is 14.6. The number of carbonyl (C=O) groups is 2. The van der Waals surface area contributed by atoms with Gasteiger partial charge in [-0.1, -0.05) is 44.0 Å². The number of hydrogen-bond donors (Lipinski definition) is 2. The molecule has 1 atom stereocenters. The van der Waals surface area contributed by atoms with Crippen molar-refractivity contribution in [2.75, 3.05) is 19.8 Å². The van der Waals surface area contributed by atoms with Crippen LogP contribution in [0.1, 0.15) is 42.6 Å². The zero-order chi connectivity index (χ0) is 21.8. The standard InChI is InChI=1S/C24H28N2O4/c1-4-15-29-16-17-30-24(28)26-22(6-3)25-23(27)21-13-11-20(12-14-21)19-9-7-18(5-2)8-10-19/h2,7-14,22H,4,6,15-17H2,1,3H3,(H,25,27)(H,26,28). The van der Waals surface area contributed by atoms with Crippen LogP contribution in [0.3, 0.4) is 0 Å². The van der Waals surface area contributed by atoms with Gasteiger partial charge in [-0.2, -0.15) is 0 Å². The highest BCUT2D eigenvalue weighted by molar-refractivity contribution is 5.95. The molecule has 2 rings (SSSR count). The van der Waals surface area contributed by atoms with Gasteiger partial charge in [0.15, 0.2) is 0 Å². The third-order valence-corrected chi connectivity index (χ3v) is 4.35. The minimum atomic E-state index is -0.590. The lowest BCUT2D eigenvalue weighted by Crippen LogP contribution is -2.47. The minimum absolute atomic E-state index is 0.167. The summed E-state index contributed by atoms with van der Waals surface area (Å²) in [6.45, 7) is 5.02. The van der Waals surface area contributed by atoms with Crippen molar-refractivity contribution in [3.05, 3.63) is 59.7 Å². The summed E-state index contributed by atoms with van der Waals surface area (Å²) < 4.78 is 10.3. The summed E-state index contributed by atoms with van der Waals surface area (Å²) >= 11 is 0. The first kappa shape index (κ1) is 23.0. The van der Waals surface area contributed by atoms with Crippen LogP contribution >= 0.6 is 0 Å². The summed E-state index contributed by atoms with van der Waals surface area (Å²) in [5.41, 5.74) is 3.31. The van der Waals surface area contributed by atoms with Crippen molar-refractivity contribution in [3.63, 3.8) is 0 Å². The molecule has 0 aliphatic heterocycles. The Balaban J connectivity index is 1.87. The van der Waals surface area contributed by atoms with Crippen LogP contribution in [0, 0.1) is 12.3 Å². The van der Waals surface area contributed by atoms with Crippen LogP contribution in [0.5, 0.6) is 0 Å². The van der Waals surface area contributed by atoms with Crippen LogP contribution in [0.2, 0.25) is 0 Å². The number of ether oxygens (including phenoxy) is 2. The van der Waals surface area contributed by atoms with Gasteiger partial charge in [0.2, 0.25) is 0 Å². The lowest BCUT2D eigenvalue weighted by Gasteiger charge is -2.18. The van der Waals surface area contributed by atoms with Crippen LogP contribution < -0.4 is 10.6 Å². The Morgan fingerprint density at radius 2 is 1.57 bits per heavy atom. The number of rotatable bonds is 10. The van der Waals surface area contributed by atoms with Gasteiger partial charge >= 0.3 is 6.09 Å². The van der Waals surface area contributed by atoms with E-state index < -0.39 is 12.3 Å². The van der Waals surface area contributed by atoms with Gasteiger partial charge in [0.25, 0.3) is 5.91 Å². The van der Waals surface area contributed by atoms with E-state index >= 15 is 0 Å². The molecule has 0 aromatic heterocycles. The summed E-state index contributed by atoms with van der Waals surface area (Å²) in [4.78, 5) is 24.4. The monoisotopic (exact) mass is 408 g/mol. The summed E-state index contributed by atoms with van der Waals surface area (Å²) in [6, 6.07) is 14.9. The molecule has 0 saturated carbocycles. The second kappa shape index (κ2) is 12.3. The third kappa shape index (κ3) is 7.26. The van der Waals surface area contributed by atoms with Gasteiger partial charge in [-0.3, -0.25) is 4.79 Å². The fraction of sp³-hybridized carbons (Fsp3) is 0.333. The zero-order valence-corrected chi connectivity index (χ0v) is 17.4. The quantitative estimate of drug-likeness (QED) is 0.355. The van der Waals surface area contributed by atoms with Crippen LogP contribution in [0.4, 0.5) is 4.79 Å². The summed E-state index contributed by atoms with van der Waals surface area (Å²) in [5, 5.41) is 5.44. The van der Waals surface area contributed by atoms with Gasteiger partial charge in [-0.25, -0.2) is 4.79 Å². The highest BCUT2D eigenvalue weighted by atomic mass is 16.6. The first-order valence-corrected chi connectivity index (χ1v) is 10.1. The summed E-state index contributed by atoms with van der Waals surface area (Å²) in [5.74, 6) is 2.31. The molecule has 0 saturated heterocycles. The van der Waals surface area contributed by atoms with Gasteiger partial charge in [0.1, 0.15) is 12.8 Å². The predicted molar refractivity (Wildman–Crippen MR) is 117 cm³/mol. The maximum absolute atomic E-state index is 12.5. The molecule has 6 nitrogen and oxygen atoms in total. The first-order valence-electron chi connectivity index (χ1n) is 10.1.